The Morgan fingerprint density at radius 3 is 2.34 bits per heavy atom. The quantitative estimate of drug-likeness (QED) is 0.499. The second-order valence-corrected chi connectivity index (χ2v) is 8.00. The van der Waals surface area contributed by atoms with Gasteiger partial charge in [-0.1, -0.05) is 6.07 Å². The van der Waals surface area contributed by atoms with E-state index in [0.29, 0.717) is 25.7 Å². The predicted octanol–water partition coefficient (Wildman–Crippen LogP) is 5.45. The number of allylic oxidation sites excluding steroid dienone is 2. The fraction of sp³-hybridized carbons (Fsp3) is 0.522. The fourth-order valence-corrected chi connectivity index (χ4v) is 4.42. The highest BCUT2D eigenvalue weighted by Crippen LogP contribution is 2.36. The van der Waals surface area contributed by atoms with Crippen LogP contribution in [0.3, 0.4) is 0 Å². The molecule has 2 aliphatic carbocycles. The molecule has 1 aromatic carbocycles. The number of nitriles is 2. The molecule has 0 aliphatic heterocycles. The molecule has 3 rings (SSSR count). The monoisotopic (exact) mass is 398 g/mol. The Balaban J connectivity index is 1.45. The van der Waals surface area contributed by atoms with E-state index in [2.05, 4.69) is 0 Å². The van der Waals surface area contributed by atoms with Gasteiger partial charge in [-0.05, 0) is 87.0 Å². The molecule has 2 aliphatic rings. The zero-order valence-electron chi connectivity index (χ0n) is 16.2. The van der Waals surface area contributed by atoms with Crippen molar-refractivity contribution in [3.8, 4) is 12.1 Å². The minimum atomic E-state index is -0.755. The van der Waals surface area contributed by atoms with Crippen molar-refractivity contribution >= 4 is 5.97 Å². The summed E-state index contributed by atoms with van der Waals surface area (Å²) < 4.78 is 32.6. The zero-order chi connectivity index (χ0) is 20.8. The molecule has 0 atom stereocenters. The predicted molar refractivity (Wildman–Crippen MR) is 102 cm³/mol. The highest BCUT2D eigenvalue weighted by Gasteiger charge is 2.31. The van der Waals surface area contributed by atoms with Crippen molar-refractivity contribution in [2.45, 2.75) is 63.4 Å². The molecule has 0 saturated heterocycles. The average Bonchev–Trinajstić information content (AvgIpc) is 2.74. The van der Waals surface area contributed by atoms with Crippen molar-refractivity contribution in [3.63, 3.8) is 0 Å². The Bertz CT molecular complexity index is 853. The van der Waals surface area contributed by atoms with Crippen LogP contribution in [0.2, 0.25) is 0 Å². The molecule has 0 spiro atoms. The van der Waals surface area contributed by atoms with E-state index in [-0.39, 0.29) is 35.4 Å². The van der Waals surface area contributed by atoms with Crippen molar-refractivity contribution in [1.29, 1.82) is 10.5 Å². The Morgan fingerprint density at radius 2 is 1.76 bits per heavy atom. The van der Waals surface area contributed by atoms with E-state index in [1.54, 1.807) is 6.07 Å². The lowest BCUT2D eigenvalue weighted by Crippen LogP contribution is -2.29. The summed E-state index contributed by atoms with van der Waals surface area (Å²) in [5.74, 6) is -1.35. The molecule has 0 N–H and O–H groups in total. The van der Waals surface area contributed by atoms with Crippen LogP contribution >= 0.6 is 0 Å². The molecule has 2 fully saturated rings. The molecular formula is C23H24F2N2O2. The number of carbonyl (C=O) groups is 1. The highest BCUT2D eigenvalue weighted by molar-refractivity contribution is 5.72. The first-order chi connectivity index (χ1) is 14.0. The third kappa shape index (κ3) is 5.41. The van der Waals surface area contributed by atoms with E-state index in [9.17, 15) is 13.6 Å². The van der Waals surface area contributed by atoms with E-state index in [1.165, 1.54) is 24.3 Å². The van der Waals surface area contributed by atoms with Gasteiger partial charge in [-0.2, -0.15) is 14.9 Å². The number of benzene rings is 1. The topological polar surface area (TPSA) is 73.9 Å². The number of carbonyl (C=O) groups excluding carboxylic acids is 1. The number of ether oxygens (including phenoxy) is 1. The smallest absolute Gasteiger partial charge is 0.309 e. The van der Waals surface area contributed by atoms with E-state index in [1.807, 2.05) is 6.07 Å². The molecule has 0 radical (unpaired) electrons. The largest absolute Gasteiger partial charge is 0.462 e. The molecule has 29 heavy (non-hydrogen) atoms. The third-order valence-electron chi connectivity index (χ3n) is 6.14. The molecule has 0 heterocycles. The van der Waals surface area contributed by atoms with E-state index in [4.69, 9.17) is 15.3 Å². The van der Waals surface area contributed by atoms with Crippen LogP contribution in [0.15, 0.2) is 30.1 Å². The van der Waals surface area contributed by atoms with E-state index in [0.717, 1.165) is 31.2 Å². The van der Waals surface area contributed by atoms with E-state index < -0.39 is 11.6 Å². The van der Waals surface area contributed by atoms with Gasteiger partial charge in [0.1, 0.15) is 24.1 Å². The molecule has 0 bridgehead atoms. The maximum atomic E-state index is 13.8. The Labute approximate surface area is 169 Å². The number of rotatable bonds is 4. The van der Waals surface area contributed by atoms with Crippen LogP contribution in [0, 0.1) is 40.3 Å². The first-order valence-corrected chi connectivity index (χ1v) is 10.2. The Morgan fingerprint density at radius 1 is 1.07 bits per heavy atom. The van der Waals surface area contributed by atoms with Gasteiger partial charge >= 0.3 is 5.97 Å². The van der Waals surface area contributed by atoms with Gasteiger partial charge in [0.25, 0.3) is 0 Å². The van der Waals surface area contributed by atoms with Crippen LogP contribution in [0.5, 0.6) is 0 Å². The lowest BCUT2D eigenvalue weighted by atomic mass is 9.81. The van der Waals surface area contributed by atoms with Crippen molar-refractivity contribution in [3.05, 3.63) is 47.0 Å². The Hall–Kier alpha value is -2.73. The number of halogens is 2. The van der Waals surface area contributed by atoms with Crippen LogP contribution in [0.4, 0.5) is 8.78 Å². The van der Waals surface area contributed by atoms with Gasteiger partial charge in [-0.15, -0.1) is 0 Å². The first-order valence-electron chi connectivity index (χ1n) is 10.2. The zero-order valence-corrected chi connectivity index (χ0v) is 16.2. The molecule has 0 amide bonds. The summed E-state index contributed by atoms with van der Waals surface area (Å²) in [5.41, 5.74) is 0.944. The molecule has 152 valence electrons. The molecule has 0 unspecified atom stereocenters. The number of esters is 1. The summed E-state index contributed by atoms with van der Waals surface area (Å²) in [6.45, 7) is 0. The van der Waals surface area contributed by atoms with Crippen LogP contribution in [-0.4, -0.2) is 12.1 Å². The summed E-state index contributed by atoms with van der Waals surface area (Å²) in [4.78, 5) is 12.5. The second kappa shape index (κ2) is 9.65. The summed E-state index contributed by atoms with van der Waals surface area (Å²) in [7, 11) is 0. The van der Waals surface area contributed by atoms with Crippen LogP contribution in [0.25, 0.3) is 0 Å². The molecule has 4 nitrogen and oxygen atoms in total. The van der Waals surface area contributed by atoms with Crippen LogP contribution in [0.1, 0.15) is 68.4 Å². The summed E-state index contributed by atoms with van der Waals surface area (Å²) in [6, 6.07) is 8.09. The van der Waals surface area contributed by atoms with Crippen molar-refractivity contribution in [2.75, 3.05) is 0 Å². The normalized spacial score (nSPS) is 27.5. The van der Waals surface area contributed by atoms with Gasteiger partial charge in [0.15, 0.2) is 5.83 Å². The maximum Gasteiger partial charge on any atom is 0.309 e. The molecule has 1 aromatic rings. The van der Waals surface area contributed by atoms with Gasteiger partial charge < -0.3 is 4.74 Å². The lowest BCUT2D eigenvalue weighted by molar-refractivity contribution is -0.157. The van der Waals surface area contributed by atoms with Gasteiger partial charge in [0.2, 0.25) is 0 Å². The average molecular weight is 398 g/mol. The fourth-order valence-electron chi connectivity index (χ4n) is 4.42. The summed E-state index contributed by atoms with van der Waals surface area (Å²) >= 11 is 0. The van der Waals surface area contributed by atoms with Gasteiger partial charge in [0.05, 0.1) is 11.5 Å². The molecular weight excluding hydrogens is 374 g/mol. The highest BCUT2D eigenvalue weighted by atomic mass is 19.1. The van der Waals surface area contributed by atoms with E-state index >= 15 is 0 Å². The molecule has 2 saturated carbocycles. The first kappa shape index (κ1) is 21.0. The second-order valence-electron chi connectivity index (χ2n) is 8.00. The third-order valence-corrected chi connectivity index (χ3v) is 6.14. The molecule has 6 heteroatoms. The van der Waals surface area contributed by atoms with Crippen molar-refractivity contribution in [2.24, 2.45) is 11.8 Å². The minimum Gasteiger partial charge on any atom is -0.462 e. The standard InChI is InChI=1S/C23H24F2N2O2/c24-20(14-27)11-15-1-3-17(4-2-15)23(28)29-21-9-7-16(8-10-21)18-5-6-19(13-26)22(25)12-18/h5-6,11-12,15-17,21H,1-4,7-10H2/t15-,16-,17-,21-. The number of hydrogen-bond acceptors (Lipinski definition) is 4. The van der Waals surface area contributed by atoms with Gasteiger partial charge in [-0.25, -0.2) is 4.39 Å². The van der Waals surface area contributed by atoms with Crippen LogP contribution in [-0.2, 0) is 9.53 Å². The minimum absolute atomic E-state index is 0.0157. The van der Waals surface area contributed by atoms with Crippen molar-refractivity contribution in [1.82, 2.24) is 0 Å². The maximum absolute atomic E-state index is 13.8. The van der Waals surface area contributed by atoms with Crippen molar-refractivity contribution < 1.29 is 18.3 Å². The SMILES string of the molecule is N#CC(F)=C[C@H]1CC[C@H](C(=O)O[C@H]2CC[C@H](c3ccc(C#N)c(F)c3)CC2)CC1. The van der Waals surface area contributed by atoms with Gasteiger partial charge in [0, 0.05) is 0 Å². The summed E-state index contributed by atoms with van der Waals surface area (Å²) in [5, 5.41) is 17.4. The summed E-state index contributed by atoms with van der Waals surface area (Å²) in [6.07, 6.45) is 7.02. The lowest BCUT2D eigenvalue weighted by Gasteiger charge is -2.31. The molecule has 0 aromatic heterocycles. The number of hydrogen-bond donors (Lipinski definition) is 0. The van der Waals surface area contributed by atoms with Crippen LogP contribution < -0.4 is 0 Å². The number of nitrogens with zero attached hydrogens (tertiary/aromatic N) is 2. The van der Waals surface area contributed by atoms with Gasteiger partial charge in [-0.3, -0.25) is 4.79 Å². The Kier molecular flexibility index (Phi) is 6.99.